The minimum atomic E-state index is 0.266. The van der Waals surface area contributed by atoms with Crippen molar-refractivity contribution in [3.8, 4) is 0 Å². The van der Waals surface area contributed by atoms with Crippen LogP contribution >= 0.6 is 15.9 Å². The summed E-state index contributed by atoms with van der Waals surface area (Å²) < 4.78 is 0. The highest BCUT2D eigenvalue weighted by Gasteiger charge is 2.20. The van der Waals surface area contributed by atoms with Crippen LogP contribution in [0.15, 0.2) is 0 Å². The van der Waals surface area contributed by atoms with Crippen molar-refractivity contribution in [3.63, 3.8) is 0 Å². The zero-order valence-corrected chi connectivity index (χ0v) is 12.8. The third kappa shape index (κ3) is 5.89. The fourth-order valence-corrected chi connectivity index (χ4v) is 2.46. The van der Waals surface area contributed by atoms with Crippen LogP contribution in [0, 0.1) is 11.8 Å². The summed E-state index contributed by atoms with van der Waals surface area (Å²) in [4.78, 5) is 12.4. The van der Waals surface area contributed by atoms with Crippen LogP contribution in [0.2, 0.25) is 0 Å². The number of carbonyl (C=O) groups is 1. The minimum Gasteiger partial charge on any atom is -0.355 e. The van der Waals surface area contributed by atoms with Crippen molar-refractivity contribution in [2.75, 3.05) is 6.54 Å². The molecule has 0 saturated heterocycles. The molecule has 0 aromatic heterocycles. The summed E-state index contributed by atoms with van der Waals surface area (Å²) in [7, 11) is 0. The summed E-state index contributed by atoms with van der Waals surface area (Å²) in [6.07, 6.45) is 8.57. The molecule has 1 aliphatic rings. The van der Waals surface area contributed by atoms with Gasteiger partial charge in [0.1, 0.15) is 0 Å². The smallest absolute Gasteiger partial charge is 0.223 e. The molecule has 17 heavy (non-hydrogen) atoms. The van der Waals surface area contributed by atoms with E-state index in [1.54, 1.807) is 0 Å². The summed E-state index contributed by atoms with van der Waals surface area (Å²) in [5.41, 5.74) is 0. The van der Waals surface area contributed by atoms with Crippen LogP contribution in [0.4, 0.5) is 0 Å². The van der Waals surface area contributed by atoms with E-state index in [-0.39, 0.29) is 11.8 Å². The highest BCUT2D eigenvalue weighted by molar-refractivity contribution is 9.09. The minimum absolute atomic E-state index is 0.266. The molecule has 1 fully saturated rings. The number of hydrogen-bond donors (Lipinski definition) is 1. The first-order valence-corrected chi connectivity index (χ1v) is 7.94. The van der Waals surface area contributed by atoms with E-state index < -0.39 is 0 Å². The molecule has 0 aromatic carbocycles. The monoisotopic (exact) mass is 303 g/mol. The Morgan fingerprint density at radius 2 is 1.71 bits per heavy atom. The molecule has 0 spiro atoms. The number of nitrogens with one attached hydrogen (secondary N) is 1. The van der Waals surface area contributed by atoms with Crippen molar-refractivity contribution in [2.24, 2.45) is 11.8 Å². The molecule has 3 heteroatoms. The molecule has 1 amide bonds. The van der Waals surface area contributed by atoms with Gasteiger partial charge in [0.05, 0.1) is 0 Å². The van der Waals surface area contributed by atoms with Crippen molar-refractivity contribution in [1.82, 2.24) is 5.32 Å². The maximum Gasteiger partial charge on any atom is 0.223 e. The SMILES string of the molecule is CC(C)C(Br)CNC(=O)C1CCCCCCC1. The summed E-state index contributed by atoms with van der Waals surface area (Å²) >= 11 is 3.61. The van der Waals surface area contributed by atoms with Gasteiger partial charge in [-0.05, 0) is 18.8 Å². The molecule has 1 rings (SSSR count). The topological polar surface area (TPSA) is 29.1 Å². The lowest BCUT2D eigenvalue weighted by atomic mass is 9.90. The average molecular weight is 304 g/mol. The van der Waals surface area contributed by atoms with Crippen LogP contribution < -0.4 is 5.32 Å². The number of alkyl halides is 1. The lowest BCUT2D eigenvalue weighted by Gasteiger charge is -2.21. The lowest BCUT2D eigenvalue weighted by Crippen LogP contribution is -2.36. The second kappa shape index (κ2) is 8.12. The molecule has 0 heterocycles. The van der Waals surface area contributed by atoms with Gasteiger partial charge in [-0.3, -0.25) is 4.79 Å². The first-order valence-electron chi connectivity index (χ1n) is 7.03. The summed E-state index contributed by atoms with van der Waals surface area (Å²) in [6.45, 7) is 5.09. The fourth-order valence-electron chi connectivity index (χ4n) is 2.30. The van der Waals surface area contributed by atoms with Gasteiger partial charge in [0.25, 0.3) is 0 Å². The molecule has 1 aliphatic carbocycles. The summed E-state index contributed by atoms with van der Waals surface area (Å²) in [5.74, 6) is 1.10. The van der Waals surface area contributed by atoms with E-state index in [9.17, 15) is 4.79 Å². The molecule has 1 N–H and O–H groups in total. The van der Waals surface area contributed by atoms with E-state index in [2.05, 4.69) is 35.1 Å². The second-order valence-corrected chi connectivity index (χ2v) is 6.72. The number of carbonyl (C=O) groups excluding carboxylic acids is 1. The Kier molecular flexibility index (Phi) is 7.17. The molecular formula is C14H26BrNO. The largest absolute Gasteiger partial charge is 0.355 e. The van der Waals surface area contributed by atoms with Crippen LogP contribution in [0.25, 0.3) is 0 Å². The Morgan fingerprint density at radius 3 is 2.24 bits per heavy atom. The van der Waals surface area contributed by atoms with E-state index in [1.165, 1.54) is 32.1 Å². The molecule has 100 valence electrons. The summed E-state index contributed by atoms with van der Waals surface area (Å²) in [5, 5.41) is 3.10. The van der Waals surface area contributed by atoms with Gasteiger partial charge in [-0.1, -0.05) is 61.9 Å². The Labute approximate surface area is 114 Å². The molecular weight excluding hydrogens is 278 g/mol. The van der Waals surface area contributed by atoms with Crippen molar-refractivity contribution < 1.29 is 4.79 Å². The Morgan fingerprint density at radius 1 is 1.18 bits per heavy atom. The third-order valence-corrected chi connectivity index (χ3v) is 5.05. The Hall–Kier alpha value is -0.0500. The van der Waals surface area contributed by atoms with E-state index in [4.69, 9.17) is 0 Å². The van der Waals surface area contributed by atoms with E-state index >= 15 is 0 Å². The Bertz CT molecular complexity index is 222. The van der Waals surface area contributed by atoms with Gasteiger partial charge in [0, 0.05) is 17.3 Å². The van der Waals surface area contributed by atoms with Crippen LogP contribution in [-0.2, 0) is 4.79 Å². The predicted molar refractivity (Wildman–Crippen MR) is 76.4 cm³/mol. The van der Waals surface area contributed by atoms with Crippen molar-refractivity contribution in [2.45, 2.75) is 63.6 Å². The molecule has 0 radical (unpaired) electrons. The van der Waals surface area contributed by atoms with Gasteiger partial charge in [-0.25, -0.2) is 0 Å². The number of amides is 1. The van der Waals surface area contributed by atoms with Crippen molar-refractivity contribution >= 4 is 21.8 Å². The van der Waals surface area contributed by atoms with Gasteiger partial charge < -0.3 is 5.32 Å². The molecule has 0 bridgehead atoms. The first-order chi connectivity index (χ1) is 8.11. The Balaban J connectivity index is 2.29. The second-order valence-electron chi connectivity index (χ2n) is 5.55. The van der Waals surface area contributed by atoms with Gasteiger partial charge in [-0.2, -0.15) is 0 Å². The van der Waals surface area contributed by atoms with E-state index in [0.717, 1.165) is 19.4 Å². The van der Waals surface area contributed by atoms with Crippen LogP contribution in [0.1, 0.15) is 58.8 Å². The molecule has 2 nitrogen and oxygen atoms in total. The molecule has 0 aliphatic heterocycles. The lowest BCUT2D eigenvalue weighted by molar-refractivity contribution is -0.125. The number of halogens is 1. The van der Waals surface area contributed by atoms with Gasteiger partial charge >= 0.3 is 0 Å². The van der Waals surface area contributed by atoms with E-state index in [1.807, 2.05) is 0 Å². The normalized spacial score (nSPS) is 20.7. The van der Waals surface area contributed by atoms with Crippen LogP contribution in [0.5, 0.6) is 0 Å². The maximum absolute atomic E-state index is 12.1. The summed E-state index contributed by atoms with van der Waals surface area (Å²) in [6, 6.07) is 0. The van der Waals surface area contributed by atoms with E-state index in [0.29, 0.717) is 10.7 Å². The predicted octanol–water partition coefficient (Wildman–Crippen LogP) is 3.88. The highest BCUT2D eigenvalue weighted by atomic mass is 79.9. The quantitative estimate of drug-likeness (QED) is 0.785. The highest BCUT2D eigenvalue weighted by Crippen LogP contribution is 2.22. The first kappa shape index (κ1) is 15.0. The fraction of sp³-hybridized carbons (Fsp3) is 0.929. The zero-order chi connectivity index (χ0) is 12.7. The van der Waals surface area contributed by atoms with Crippen LogP contribution in [0.3, 0.4) is 0 Å². The van der Waals surface area contributed by atoms with Gasteiger partial charge in [0.15, 0.2) is 0 Å². The third-order valence-electron chi connectivity index (χ3n) is 3.67. The standard InChI is InChI=1S/C14H26BrNO/c1-11(2)13(15)10-16-14(17)12-8-6-4-3-5-7-9-12/h11-13H,3-10H2,1-2H3,(H,16,17). The van der Waals surface area contributed by atoms with Crippen LogP contribution in [-0.4, -0.2) is 17.3 Å². The maximum atomic E-state index is 12.1. The average Bonchev–Trinajstić information content (AvgIpc) is 2.24. The van der Waals surface area contributed by atoms with Crippen molar-refractivity contribution in [3.05, 3.63) is 0 Å². The van der Waals surface area contributed by atoms with Crippen molar-refractivity contribution in [1.29, 1.82) is 0 Å². The van der Waals surface area contributed by atoms with Gasteiger partial charge in [-0.15, -0.1) is 0 Å². The molecule has 1 atom stereocenters. The molecule has 0 aromatic rings. The molecule has 1 unspecified atom stereocenters. The zero-order valence-electron chi connectivity index (χ0n) is 11.2. The molecule has 1 saturated carbocycles. The number of hydrogen-bond acceptors (Lipinski definition) is 1. The van der Waals surface area contributed by atoms with Gasteiger partial charge in [0.2, 0.25) is 5.91 Å². The number of rotatable bonds is 4.